The molecule has 0 saturated carbocycles. The average Bonchev–Trinajstić information content (AvgIpc) is 4.05. The Morgan fingerprint density at radius 1 is 1.00 bits per heavy atom. The van der Waals surface area contributed by atoms with Crippen LogP contribution in [-0.4, -0.2) is 84.7 Å². The fourth-order valence-electron chi connectivity index (χ4n) is 8.91. The molecule has 2 aliphatic heterocycles. The maximum absolute atomic E-state index is 14.0. The normalized spacial score (nSPS) is 16.9. The SMILES string of the molecule is CCCN(Cc1[nH]c(-c2ccc3c(c2)OCn2c-3cc3cc(-c4cnc(C5CCCN5C(=O)C(c5ccccc5)N(C)C)[nH]4)ccc32)cc1CC)C(O)C(N)C(C)C. The van der Waals surface area contributed by atoms with Gasteiger partial charge in [-0.05, 0) is 93.2 Å². The van der Waals surface area contributed by atoms with E-state index in [0.29, 0.717) is 19.8 Å². The summed E-state index contributed by atoms with van der Waals surface area (Å²) >= 11 is 0. The quantitative estimate of drug-likeness (QED) is 0.0822. The number of H-pyrrole nitrogens is 2. The third kappa shape index (κ3) is 7.48. The number of aliphatic hydroxyl groups is 1. The lowest BCUT2D eigenvalue weighted by Gasteiger charge is -2.33. The minimum atomic E-state index is -0.713. The van der Waals surface area contributed by atoms with Gasteiger partial charge in [-0.1, -0.05) is 70.2 Å². The smallest absolute Gasteiger partial charge is 0.245 e. The lowest BCUT2D eigenvalue weighted by atomic mass is 10.0. The van der Waals surface area contributed by atoms with Crippen LogP contribution in [-0.2, 0) is 24.5 Å². The molecule has 2 aliphatic rings. The average molecular weight is 783 g/mol. The first-order valence-corrected chi connectivity index (χ1v) is 20.9. The summed E-state index contributed by atoms with van der Waals surface area (Å²) in [6.45, 7) is 10.9. The van der Waals surface area contributed by atoms with Gasteiger partial charge in [0.2, 0.25) is 5.91 Å². The van der Waals surface area contributed by atoms with Crippen LogP contribution in [0.25, 0.3) is 44.7 Å². The van der Waals surface area contributed by atoms with Gasteiger partial charge >= 0.3 is 0 Å². The van der Waals surface area contributed by atoms with Crippen LogP contribution < -0.4 is 10.5 Å². The molecule has 1 amide bonds. The Morgan fingerprint density at radius 2 is 1.78 bits per heavy atom. The second-order valence-corrected chi connectivity index (χ2v) is 16.6. The molecule has 3 aromatic carbocycles. The molecule has 0 radical (unpaired) electrons. The number of nitrogens with one attached hydrogen (secondary N) is 2. The Kier molecular flexibility index (Phi) is 11.3. The Bertz CT molecular complexity index is 2380. The van der Waals surface area contributed by atoms with E-state index in [4.69, 9.17) is 15.5 Å². The van der Waals surface area contributed by atoms with Gasteiger partial charge in [-0.2, -0.15) is 0 Å². The van der Waals surface area contributed by atoms with Gasteiger partial charge in [-0.15, -0.1) is 0 Å². The van der Waals surface area contributed by atoms with Crippen LogP contribution in [0.3, 0.4) is 0 Å². The molecular weight excluding hydrogens is 725 g/mol. The number of aliphatic hydroxyl groups excluding tert-OH is 1. The Balaban J connectivity index is 1.02. The van der Waals surface area contributed by atoms with Crippen LogP contribution in [0.2, 0.25) is 0 Å². The molecule has 11 nitrogen and oxygen atoms in total. The van der Waals surface area contributed by atoms with Crippen molar-refractivity contribution >= 4 is 16.8 Å². The monoisotopic (exact) mass is 782 g/mol. The molecule has 8 rings (SSSR count). The molecule has 1 saturated heterocycles. The molecule has 6 aromatic rings. The number of rotatable bonds is 14. The largest absolute Gasteiger partial charge is 0.472 e. The van der Waals surface area contributed by atoms with Crippen molar-refractivity contribution in [3.05, 3.63) is 108 Å². The zero-order valence-electron chi connectivity index (χ0n) is 34.7. The highest BCUT2D eigenvalue weighted by Gasteiger charge is 2.37. The molecule has 0 spiro atoms. The number of likely N-dealkylation sites (tertiary alicyclic amines) is 1. The predicted octanol–water partition coefficient (Wildman–Crippen LogP) is 8.09. The molecule has 3 aromatic heterocycles. The van der Waals surface area contributed by atoms with Crippen LogP contribution in [0.5, 0.6) is 5.75 Å². The molecular formula is C47H58N8O3. The Morgan fingerprint density at radius 3 is 2.52 bits per heavy atom. The minimum absolute atomic E-state index is 0.0973. The number of carbonyl (C=O) groups excluding carboxylic acids is 1. The number of hydrogen-bond donors (Lipinski definition) is 4. The van der Waals surface area contributed by atoms with Gasteiger partial charge in [-0.3, -0.25) is 14.6 Å². The summed E-state index contributed by atoms with van der Waals surface area (Å²) in [5.41, 5.74) is 17.1. The summed E-state index contributed by atoms with van der Waals surface area (Å²) in [5.74, 6) is 1.96. The first kappa shape index (κ1) is 39.6. The minimum Gasteiger partial charge on any atom is -0.472 e. The van der Waals surface area contributed by atoms with Crippen LogP contribution in [0.15, 0.2) is 85.1 Å². The van der Waals surface area contributed by atoms with Crippen molar-refractivity contribution < 1.29 is 14.6 Å². The highest BCUT2D eigenvalue weighted by Crippen LogP contribution is 2.42. The first-order chi connectivity index (χ1) is 28.1. The number of ether oxygens (including phenoxy) is 1. The Labute approximate surface area is 341 Å². The number of carbonyl (C=O) groups is 1. The number of aromatic amines is 2. The number of nitrogens with two attached hydrogens (primary N) is 1. The van der Waals surface area contributed by atoms with Gasteiger partial charge in [-0.25, -0.2) is 4.98 Å². The number of fused-ring (bicyclic) bond motifs is 5. The highest BCUT2D eigenvalue weighted by atomic mass is 16.5. The summed E-state index contributed by atoms with van der Waals surface area (Å²) < 4.78 is 8.65. The Hall–Kier alpha value is -5.20. The molecule has 5 N–H and O–H groups in total. The van der Waals surface area contributed by atoms with Gasteiger partial charge in [0.15, 0.2) is 6.73 Å². The van der Waals surface area contributed by atoms with Gasteiger partial charge in [0.25, 0.3) is 0 Å². The van der Waals surface area contributed by atoms with Crippen LogP contribution in [0.4, 0.5) is 0 Å². The van der Waals surface area contributed by atoms with E-state index in [0.717, 1.165) is 99.7 Å². The zero-order chi connectivity index (χ0) is 40.7. The van der Waals surface area contributed by atoms with Crippen LogP contribution >= 0.6 is 0 Å². The third-order valence-electron chi connectivity index (χ3n) is 12.2. The first-order valence-electron chi connectivity index (χ1n) is 20.9. The van der Waals surface area contributed by atoms with Gasteiger partial charge in [0, 0.05) is 59.1 Å². The number of amides is 1. The molecule has 4 unspecified atom stereocenters. The van der Waals surface area contributed by atoms with Gasteiger partial charge in [0.1, 0.15) is 23.8 Å². The number of aryl methyl sites for hydroxylation is 1. The standard InChI is InChI=1S/C47H58N8O3/c1-7-20-53(46(56)43(48)29(3)4)27-38-30(8-2)23-36(50-38)33-16-18-35-41-24-34-22-32(17-19-39(34)55(41)28-58-42(35)25-33)37-26-49-45(51-37)40-15-12-21-54(40)47(57)44(52(5)6)31-13-10-9-11-14-31/h9-11,13-14,16-19,22-26,29,40,43-44,46,50,56H,7-8,12,15,20-21,27-28,48H2,1-6H3,(H,49,51). The summed E-state index contributed by atoms with van der Waals surface area (Å²) in [6.07, 6.45) is 4.81. The predicted molar refractivity (Wildman–Crippen MR) is 231 cm³/mol. The number of likely N-dealkylation sites (N-methyl/N-ethyl adjacent to an activating group) is 1. The van der Waals surface area contributed by atoms with E-state index in [1.54, 1.807) is 0 Å². The molecule has 4 atom stereocenters. The molecule has 1 fully saturated rings. The van der Waals surface area contributed by atoms with Crippen molar-refractivity contribution in [3.8, 4) is 39.5 Å². The third-order valence-corrected chi connectivity index (χ3v) is 12.2. The molecule has 0 aliphatic carbocycles. The zero-order valence-corrected chi connectivity index (χ0v) is 34.7. The van der Waals surface area contributed by atoms with Crippen molar-refractivity contribution in [1.82, 2.24) is 34.2 Å². The van der Waals surface area contributed by atoms with E-state index in [1.165, 1.54) is 5.56 Å². The van der Waals surface area contributed by atoms with E-state index in [2.05, 4.69) is 95.7 Å². The number of benzene rings is 3. The highest BCUT2D eigenvalue weighted by molar-refractivity contribution is 5.92. The molecule has 0 bridgehead atoms. The van der Waals surface area contributed by atoms with Crippen molar-refractivity contribution in [1.29, 1.82) is 0 Å². The van der Waals surface area contributed by atoms with Crippen LogP contribution in [0.1, 0.15) is 81.7 Å². The summed E-state index contributed by atoms with van der Waals surface area (Å²) in [6, 6.07) is 26.7. The lowest BCUT2D eigenvalue weighted by Crippen LogP contribution is -2.50. The van der Waals surface area contributed by atoms with E-state index in [-0.39, 0.29) is 30.0 Å². The number of imidazole rings is 1. The van der Waals surface area contributed by atoms with E-state index in [1.807, 2.05) is 60.4 Å². The molecule has 11 heteroatoms. The topological polar surface area (TPSA) is 132 Å². The fraction of sp³-hybridized carbons (Fsp3) is 0.404. The van der Waals surface area contributed by atoms with E-state index < -0.39 is 6.23 Å². The number of hydrogen-bond acceptors (Lipinski definition) is 7. The van der Waals surface area contributed by atoms with E-state index in [9.17, 15) is 9.90 Å². The van der Waals surface area contributed by atoms with E-state index >= 15 is 0 Å². The second kappa shape index (κ2) is 16.6. The maximum Gasteiger partial charge on any atom is 0.245 e. The van der Waals surface area contributed by atoms with Gasteiger partial charge < -0.3 is 35.0 Å². The van der Waals surface area contributed by atoms with Crippen LogP contribution in [0, 0.1) is 5.92 Å². The van der Waals surface area contributed by atoms with Gasteiger partial charge in [0.05, 0.1) is 29.1 Å². The maximum atomic E-state index is 14.0. The molecule has 304 valence electrons. The number of aromatic nitrogens is 4. The van der Waals surface area contributed by atoms with Crippen molar-refractivity contribution in [2.24, 2.45) is 11.7 Å². The van der Waals surface area contributed by atoms with Crippen molar-refractivity contribution in [2.45, 2.75) is 91.0 Å². The van der Waals surface area contributed by atoms with Crippen molar-refractivity contribution in [2.75, 3.05) is 27.2 Å². The molecule has 5 heterocycles. The summed E-state index contributed by atoms with van der Waals surface area (Å²) in [4.78, 5) is 32.2. The lowest BCUT2D eigenvalue weighted by molar-refractivity contribution is -0.137. The molecule has 58 heavy (non-hydrogen) atoms. The summed E-state index contributed by atoms with van der Waals surface area (Å²) in [7, 11) is 3.93. The fourth-order valence-corrected chi connectivity index (χ4v) is 8.91. The number of nitrogens with zero attached hydrogens (tertiary/aromatic N) is 5. The summed E-state index contributed by atoms with van der Waals surface area (Å²) in [5, 5.41) is 12.3. The second-order valence-electron chi connectivity index (χ2n) is 16.6. The van der Waals surface area contributed by atoms with Crippen molar-refractivity contribution in [3.63, 3.8) is 0 Å².